The van der Waals surface area contributed by atoms with Crippen LogP contribution in [0.25, 0.3) is 0 Å². The van der Waals surface area contributed by atoms with Crippen LogP contribution in [0.5, 0.6) is 0 Å². The molecule has 2 aliphatic heterocycles. The Hall–Kier alpha value is -4.90. The number of non-ortho nitro benzene ring substituents is 1. The van der Waals surface area contributed by atoms with Crippen LogP contribution in [0.15, 0.2) is 107 Å². The number of hydrogen-bond acceptors (Lipinski definition) is 8. The van der Waals surface area contributed by atoms with Gasteiger partial charge in [-0.2, -0.15) is 0 Å². The summed E-state index contributed by atoms with van der Waals surface area (Å²) in [6, 6.07) is 25.5. The first-order valence-electron chi connectivity index (χ1n) is 15.4. The molecule has 0 bridgehead atoms. The Labute approximate surface area is 272 Å². The van der Waals surface area contributed by atoms with Crippen molar-refractivity contribution in [3.05, 3.63) is 134 Å². The second kappa shape index (κ2) is 14.3. The largest absolute Gasteiger partial charge is 0.466 e. The molecule has 2 atom stereocenters. The molecule has 5 rings (SSSR count). The molecule has 1 saturated heterocycles. The number of likely N-dealkylation sites (tertiary alicyclic amines) is 1. The van der Waals surface area contributed by atoms with Crippen LogP contribution in [0.3, 0.4) is 0 Å². The predicted octanol–water partition coefficient (Wildman–Crippen LogP) is 6.48. The third-order valence-corrected chi connectivity index (χ3v) is 8.97. The number of halogens is 2. The number of carbonyl (C=O) groups excluding carboxylic acids is 2. The fraction of sp³-hybridized carbons (Fsp3) is 0.333. The normalized spacial score (nSPS) is 20.0. The van der Waals surface area contributed by atoms with E-state index < -0.39 is 34.8 Å². The van der Waals surface area contributed by atoms with Crippen molar-refractivity contribution in [2.24, 2.45) is 0 Å². The number of nitro groups is 1. The summed E-state index contributed by atoms with van der Waals surface area (Å²) in [6.45, 7) is 3.80. The van der Waals surface area contributed by atoms with Gasteiger partial charge in [0.2, 0.25) is 0 Å². The van der Waals surface area contributed by atoms with E-state index in [1.54, 1.807) is 13.8 Å². The van der Waals surface area contributed by atoms with Crippen LogP contribution in [0.4, 0.5) is 14.5 Å². The third kappa shape index (κ3) is 7.10. The van der Waals surface area contributed by atoms with Gasteiger partial charge in [0.25, 0.3) is 12.1 Å². The second-order valence-corrected chi connectivity index (χ2v) is 11.9. The van der Waals surface area contributed by atoms with Crippen molar-refractivity contribution in [3.63, 3.8) is 0 Å². The third-order valence-electron chi connectivity index (χ3n) is 8.97. The number of allylic oxidation sites excluding steroid dienone is 2. The van der Waals surface area contributed by atoms with Gasteiger partial charge in [-0.3, -0.25) is 15.0 Å². The second-order valence-electron chi connectivity index (χ2n) is 11.9. The number of nitrogens with one attached hydrogen (secondary N) is 1. The van der Waals surface area contributed by atoms with E-state index in [-0.39, 0.29) is 47.0 Å². The maximum atomic E-state index is 14.9. The first-order chi connectivity index (χ1) is 22.5. The Morgan fingerprint density at radius 3 is 2.11 bits per heavy atom. The first kappa shape index (κ1) is 33.5. The summed E-state index contributed by atoms with van der Waals surface area (Å²) < 4.78 is 40.6. The number of benzene rings is 3. The molecule has 1 fully saturated rings. The molecule has 0 amide bonds. The summed E-state index contributed by atoms with van der Waals surface area (Å²) in [5.41, 5.74) is 0.720. The molecule has 0 spiro atoms. The Morgan fingerprint density at radius 2 is 1.55 bits per heavy atom. The number of rotatable bonds is 11. The average Bonchev–Trinajstić information content (AvgIpc) is 3.49. The molecular weight excluding hydrogens is 608 g/mol. The van der Waals surface area contributed by atoms with Crippen molar-refractivity contribution in [1.82, 2.24) is 10.2 Å². The Balaban J connectivity index is 1.40. The van der Waals surface area contributed by atoms with Gasteiger partial charge in [-0.15, -0.1) is 0 Å². The van der Waals surface area contributed by atoms with Crippen molar-refractivity contribution < 1.29 is 32.8 Å². The standard InChI is InChI=1S/C36H37F2N3O6/c1-23-30(33(42)46-3)32(27-15-10-16-28(21-27)41(44)45)31(24(2)39-23)34(43)47-36(35(37)38)18-20-40(22-36)19-17-29(25-11-6-4-7-12-25)26-13-8-5-9-14-26/h4-16,21,29,32,35,39H,17-20,22H2,1-3H3/t32-,36+/m0/s1. The summed E-state index contributed by atoms with van der Waals surface area (Å²) in [5.74, 6) is -2.91. The molecule has 0 saturated carbocycles. The molecule has 3 aromatic carbocycles. The minimum absolute atomic E-state index is 0.0255. The highest BCUT2D eigenvalue weighted by atomic mass is 19.3. The molecular formula is C36H37F2N3O6. The average molecular weight is 646 g/mol. The smallest absolute Gasteiger partial charge is 0.337 e. The zero-order valence-electron chi connectivity index (χ0n) is 26.5. The minimum atomic E-state index is -2.98. The van der Waals surface area contributed by atoms with Crippen molar-refractivity contribution >= 4 is 17.6 Å². The molecule has 246 valence electrons. The highest BCUT2D eigenvalue weighted by molar-refractivity contribution is 6.00. The number of nitro benzene ring substituents is 1. The quantitative estimate of drug-likeness (QED) is 0.143. The van der Waals surface area contributed by atoms with Gasteiger partial charge in [0, 0.05) is 49.0 Å². The van der Waals surface area contributed by atoms with E-state index in [0.29, 0.717) is 25.2 Å². The van der Waals surface area contributed by atoms with E-state index >= 15 is 0 Å². The van der Waals surface area contributed by atoms with Gasteiger partial charge >= 0.3 is 11.9 Å². The van der Waals surface area contributed by atoms with E-state index in [1.807, 2.05) is 41.3 Å². The highest BCUT2D eigenvalue weighted by Crippen LogP contribution is 2.42. The van der Waals surface area contributed by atoms with Crippen LogP contribution in [-0.2, 0) is 19.1 Å². The van der Waals surface area contributed by atoms with Crippen LogP contribution in [0.2, 0.25) is 0 Å². The fourth-order valence-electron chi connectivity index (χ4n) is 6.62. The maximum Gasteiger partial charge on any atom is 0.337 e. The summed E-state index contributed by atoms with van der Waals surface area (Å²) >= 11 is 0. The number of esters is 2. The summed E-state index contributed by atoms with van der Waals surface area (Å²) in [5, 5.41) is 14.6. The Morgan fingerprint density at radius 1 is 0.957 bits per heavy atom. The number of carbonyl (C=O) groups is 2. The van der Waals surface area contributed by atoms with Crippen molar-refractivity contribution in [3.8, 4) is 0 Å². The number of methoxy groups -OCH3 is 1. The van der Waals surface area contributed by atoms with Crippen LogP contribution >= 0.6 is 0 Å². The van der Waals surface area contributed by atoms with Crippen LogP contribution in [0.1, 0.15) is 55.2 Å². The van der Waals surface area contributed by atoms with Crippen molar-refractivity contribution in [2.45, 2.75) is 50.6 Å². The Kier molecular flexibility index (Phi) is 10.1. The summed E-state index contributed by atoms with van der Waals surface area (Å²) in [7, 11) is 1.18. The highest BCUT2D eigenvalue weighted by Gasteiger charge is 2.51. The van der Waals surface area contributed by atoms with E-state index in [1.165, 1.54) is 31.4 Å². The van der Waals surface area contributed by atoms with Gasteiger partial charge < -0.3 is 14.8 Å². The topological polar surface area (TPSA) is 111 Å². The molecule has 0 unspecified atom stereocenters. The molecule has 0 aliphatic carbocycles. The molecule has 2 heterocycles. The SMILES string of the molecule is COC(=O)C1=C(C)NC(C)=C(C(=O)O[C@]2(C(F)F)CCN(CCC(c3ccccc3)c3ccccc3)C2)[C@H]1c1cccc([N+](=O)[O-])c1. The molecule has 9 nitrogen and oxygen atoms in total. The van der Waals surface area contributed by atoms with Crippen molar-refractivity contribution in [2.75, 3.05) is 26.7 Å². The number of ether oxygens (including phenoxy) is 2. The van der Waals surface area contributed by atoms with Gasteiger partial charge in [0.05, 0.1) is 29.1 Å². The number of hydrogen-bond donors (Lipinski definition) is 1. The van der Waals surface area contributed by atoms with Crippen molar-refractivity contribution in [1.29, 1.82) is 0 Å². The van der Waals surface area contributed by atoms with Gasteiger partial charge in [-0.05, 0) is 43.5 Å². The van der Waals surface area contributed by atoms with Gasteiger partial charge in [-0.25, -0.2) is 18.4 Å². The van der Waals surface area contributed by atoms with E-state index in [2.05, 4.69) is 29.6 Å². The molecule has 11 heteroatoms. The molecule has 2 aliphatic rings. The van der Waals surface area contributed by atoms with Gasteiger partial charge in [-0.1, -0.05) is 72.8 Å². The first-order valence-corrected chi connectivity index (χ1v) is 15.4. The summed E-state index contributed by atoms with van der Waals surface area (Å²) in [6.07, 6.45) is -2.41. The molecule has 1 N–H and O–H groups in total. The van der Waals surface area contributed by atoms with Crippen LogP contribution < -0.4 is 5.32 Å². The number of dihydropyridines is 1. The lowest BCUT2D eigenvalue weighted by atomic mass is 9.80. The number of nitrogens with zero attached hydrogens (tertiary/aromatic N) is 2. The zero-order valence-corrected chi connectivity index (χ0v) is 26.5. The van der Waals surface area contributed by atoms with Crippen LogP contribution in [-0.4, -0.2) is 60.5 Å². The molecule has 3 aromatic rings. The maximum absolute atomic E-state index is 14.9. The van der Waals surface area contributed by atoms with E-state index in [4.69, 9.17) is 9.47 Å². The summed E-state index contributed by atoms with van der Waals surface area (Å²) in [4.78, 5) is 39.9. The van der Waals surface area contributed by atoms with Crippen LogP contribution in [0, 0.1) is 10.1 Å². The molecule has 0 aromatic heterocycles. The minimum Gasteiger partial charge on any atom is -0.466 e. The van der Waals surface area contributed by atoms with E-state index in [0.717, 1.165) is 11.1 Å². The monoisotopic (exact) mass is 645 g/mol. The van der Waals surface area contributed by atoms with Gasteiger partial charge in [0.1, 0.15) is 0 Å². The predicted molar refractivity (Wildman–Crippen MR) is 172 cm³/mol. The van der Waals surface area contributed by atoms with E-state index in [9.17, 15) is 28.5 Å². The fourth-order valence-corrected chi connectivity index (χ4v) is 6.62. The lowest BCUT2D eigenvalue weighted by Gasteiger charge is -2.34. The lowest BCUT2D eigenvalue weighted by Crippen LogP contribution is -2.46. The van der Waals surface area contributed by atoms with Gasteiger partial charge in [0.15, 0.2) is 5.60 Å². The Bertz CT molecular complexity index is 1660. The molecule has 0 radical (unpaired) electrons. The number of alkyl halides is 2. The zero-order chi connectivity index (χ0) is 33.7. The molecule has 47 heavy (non-hydrogen) atoms. The lowest BCUT2D eigenvalue weighted by molar-refractivity contribution is -0.384.